The number of halogens is 2. The van der Waals surface area contributed by atoms with Gasteiger partial charge < -0.3 is 10.3 Å². The molecule has 2 aromatic carbocycles. The fraction of sp³-hybridized carbons (Fsp3) is 0.211. The Hall–Kier alpha value is -2.41. The molecule has 0 spiro atoms. The van der Waals surface area contributed by atoms with Gasteiger partial charge in [0.2, 0.25) is 5.91 Å². The molecule has 1 atom stereocenters. The van der Waals surface area contributed by atoms with E-state index in [1.807, 2.05) is 13.0 Å². The number of amides is 1. The van der Waals surface area contributed by atoms with Crippen LogP contribution in [0.25, 0.3) is 10.9 Å². The van der Waals surface area contributed by atoms with Crippen LogP contribution in [0.4, 0.5) is 5.69 Å². The molecule has 0 saturated heterocycles. The van der Waals surface area contributed by atoms with Gasteiger partial charge in [-0.15, -0.1) is 0 Å². The topological polar surface area (TPSA) is 78.1 Å². The lowest BCUT2D eigenvalue weighted by molar-refractivity contribution is -0.117. The Labute approximate surface area is 166 Å². The van der Waals surface area contributed by atoms with E-state index in [1.165, 1.54) is 0 Å². The summed E-state index contributed by atoms with van der Waals surface area (Å²) >= 11 is 12.2. The van der Waals surface area contributed by atoms with Crippen molar-refractivity contribution in [3.63, 3.8) is 0 Å². The molecule has 6 nitrogen and oxygen atoms in total. The monoisotopic (exact) mass is 404 g/mol. The number of carbonyl (C=O) groups is 1. The van der Waals surface area contributed by atoms with Crippen molar-refractivity contribution in [2.24, 2.45) is 0 Å². The van der Waals surface area contributed by atoms with Crippen LogP contribution < -0.4 is 10.9 Å². The molecule has 1 aromatic heterocycles. The fourth-order valence-corrected chi connectivity index (χ4v) is 3.16. The zero-order valence-electron chi connectivity index (χ0n) is 14.8. The summed E-state index contributed by atoms with van der Waals surface area (Å²) in [6, 6.07) is 11.9. The van der Waals surface area contributed by atoms with Crippen LogP contribution in [0.2, 0.25) is 10.0 Å². The maximum Gasteiger partial charge on any atom is 0.258 e. The van der Waals surface area contributed by atoms with Gasteiger partial charge in [-0.1, -0.05) is 41.4 Å². The molecule has 0 unspecified atom stereocenters. The predicted octanol–water partition coefficient (Wildman–Crippen LogP) is 3.86. The Bertz CT molecular complexity index is 1030. The van der Waals surface area contributed by atoms with E-state index in [2.05, 4.69) is 15.3 Å². The van der Waals surface area contributed by atoms with Gasteiger partial charge in [-0.25, -0.2) is 4.98 Å². The lowest BCUT2D eigenvalue weighted by Gasteiger charge is -2.23. The van der Waals surface area contributed by atoms with Crippen molar-refractivity contribution in [1.29, 1.82) is 0 Å². The molecule has 8 heteroatoms. The molecule has 140 valence electrons. The van der Waals surface area contributed by atoms with Crippen molar-refractivity contribution < 1.29 is 4.79 Å². The Balaban J connectivity index is 1.75. The number of likely N-dealkylation sites (N-methyl/N-ethyl adjacent to an activating group) is 1. The highest BCUT2D eigenvalue weighted by atomic mass is 35.5. The summed E-state index contributed by atoms with van der Waals surface area (Å²) in [7, 11) is 1.77. The lowest BCUT2D eigenvalue weighted by Crippen LogP contribution is -2.33. The van der Waals surface area contributed by atoms with E-state index in [0.717, 1.165) is 0 Å². The molecule has 0 aliphatic rings. The normalized spacial score (nSPS) is 12.3. The number of rotatable bonds is 5. The number of fused-ring (bicyclic) bond motifs is 1. The second-order valence-electron chi connectivity index (χ2n) is 6.20. The number of hydrogen-bond donors (Lipinski definition) is 2. The molecule has 3 aromatic rings. The zero-order chi connectivity index (χ0) is 19.6. The number of benzene rings is 2. The summed E-state index contributed by atoms with van der Waals surface area (Å²) in [5.74, 6) is 0.215. The minimum atomic E-state index is -0.283. The Morgan fingerprint density at radius 2 is 1.85 bits per heavy atom. The number of nitrogens with one attached hydrogen (secondary N) is 2. The van der Waals surface area contributed by atoms with Gasteiger partial charge in [-0.3, -0.25) is 14.5 Å². The van der Waals surface area contributed by atoms with Crippen LogP contribution in [0, 0.1) is 0 Å². The van der Waals surface area contributed by atoms with Crippen molar-refractivity contribution >= 4 is 45.7 Å². The van der Waals surface area contributed by atoms with Crippen LogP contribution in [0.1, 0.15) is 18.8 Å². The third-order valence-corrected chi connectivity index (χ3v) is 4.94. The maximum atomic E-state index is 12.4. The van der Waals surface area contributed by atoms with E-state index >= 15 is 0 Å². The van der Waals surface area contributed by atoms with E-state index in [-0.39, 0.29) is 24.1 Å². The first-order valence-corrected chi connectivity index (χ1v) is 9.05. The number of nitrogens with zero attached hydrogens (tertiary/aromatic N) is 2. The van der Waals surface area contributed by atoms with Gasteiger partial charge in [0.15, 0.2) is 0 Å². The number of aromatic nitrogens is 2. The largest absolute Gasteiger partial charge is 0.322 e. The van der Waals surface area contributed by atoms with E-state index < -0.39 is 0 Å². The van der Waals surface area contributed by atoms with Crippen LogP contribution in [0.15, 0.2) is 47.3 Å². The highest BCUT2D eigenvalue weighted by molar-refractivity contribution is 6.39. The average Bonchev–Trinajstić information content (AvgIpc) is 2.64. The van der Waals surface area contributed by atoms with Gasteiger partial charge in [0, 0.05) is 0 Å². The summed E-state index contributed by atoms with van der Waals surface area (Å²) in [6.45, 7) is 1.93. The first-order chi connectivity index (χ1) is 12.9. The first kappa shape index (κ1) is 19.4. The maximum absolute atomic E-state index is 12.4. The highest BCUT2D eigenvalue weighted by Gasteiger charge is 2.19. The van der Waals surface area contributed by atoms with Crippen LogP contribution in [-0.4, -0.2) is 34.4 Å². The Kier molecular flexibility index (Phi) is 5.79. The quantitative estimate of drug-likeness (QED) is 0.676. The van der Waals surface area contributed by atoms with Crippen molar-refractivity contribution in [3.05, 3.63) is 68.7 Å². The molecular formula is C19H18Cl2N4O2. The van der Waals surface area contributed by atoms with Crippen LogP contribution in [0.3, 0.4) is 0 Å². The molecule has 2 N–H and O–H groups in total. The number of H-pyrrole nitrogens is 1. The van der Waals surface area contributed by atoms with Gasteiger partial charge in [0.05, 0.1) is 39.2 Å². The van der Waals surface area contributed by atoms with Crippen LogP contribution >= 0.6 is 23.2 Å². The molecule has 1 amide bonds. The van der Waals surface area contributed by atoms with Gasteiger partial charge in [0.1, 0.15) is 5.82 Å². The van der Waals surface area contributed by atoms with Crippen molar-refractivity contribution in [2.75, 3.05) is 18.9 Å². The SMILES string of the molecule is C[C@@H](c1nc2ccccc2c(=O)[nH]1)N(C)CC(=O)Nc1c(Cl)cccc1Cl. The van der Waals surface area contributed by atoms with Gasteiger partial charge in [0.25, 0.3) is 5.56 Å². The molecule has 1 heterocycles. The molecule has 0 saturated carbocycles. The fourth-order valence-electron chi connectivity index (χ4n) is 2.67. The minimum absolute atomic E-state index is 0.0687. The standard InChI is InChI=1S/C19H18Cl2N4O2/c1-11(18-22-15-9-4-3-6-12(15)19(27)24-18)25(2)10-16(26)23-17-13(20)7-5-8-14(17)21/h3-9,11H,10H2,1-2H3,(H,23,26)(H,22,24,27)/t11-/m0/s1. The molecule has 27 heavy (non-hydrogen) atoms. The Morgan fingerprint density at radius 3 is 2.56 bits per heavy atom. The summed E-state index contributed by atoms with van der Waals surface area (Å²) in [4.78, 5) is 33.7. The number of carbonyl (C=O) groups excluding carboxylic acids is 1. The molecule has 0 aliphatic carbocycles. The lowest BCUT2D eigenvalue weighted by atomic mass is 10.2. The van der Waals surface area contributed by atoms with Crippen molar-refractivity contribution in [1.82, 2.24) is 14.9 Å². The predicted molar refractivity (Wildman–Crippen MR) is 109 cm³/mol. The zero-order valence-corrected chi connectivity index (χ0v) is 16.3. The third-order valence-electron chi connectivity index (χ3n) is 4.31. The van der Waals surface area contributed by atoms with E-state index in [9.17, 15) is 9.59 Å². The Morgan fingerprint density at radius 1 is 1.19 bits per heavy atom. The third kappa shape index (κ3) is 4.30. The second-order valence-corrected chi connectivity index (χ2v) is 7.02. The summed E-state index contributed by atoms with van der Waals surface area (Å²) in [5.41, 5.74) is 0.788. The smallest absolute Gasteiger partial charge is 0.258 e. The van der Waals surface area contributed by atoms with Crippen molar-refractivity contribution in [2.45, 2.75) is 13.0 Å². The van der Waals surface area contributed by atoms with Crippen LogP contribution in [-0.2, 0) is 4.79 Å². The molecule has 0 radical (unpaired) electrons. The molecule has 0 fully saturated rings. The van der Waals surface area contributed by atoms with Gasteiger partial charge in [-0.05, 0) is 38.2 Å². The first-order valence-electron chi connectivity index (χ1n) is 8.30. The van der Waals surface area contributed by atoms with E-state index in [4.69, 9.17) is 23.2 Å². The number of para-hydroxylation sites is 2. The molecule has 3 rings (SSSR count). The van der Waals surface area contributed by atoms with Gasteiger partial charge >= 0.3 is 0 Å². The summed E-state index contributed by atoms with van der Waals surface area (Å²) in [6.07, 6.45) is 0. The van der Waals surface area contributed by atoms with E-state index in [0.29, 0.717) is 32.5 Å². The number of aromatic amines is 1. The van der Waals surface area contributed by atoms with Gasteiger partial charge in [-0.2, -0.15) is 0 Å². The molecule has 0 bridgehead atoms. The molecule has 0 aliphatic heterocycles. The number of hydrogen-bond acceptors (Lipinski definition) is 4. The highest BCUT2D eigenvalue weighted by Crippen LogP contribution is 2.29. The minimum Gasteiger partial charge on any atom is -0.322 e. The number of anilines is 1. The molecular weight excluding hydrogens is 387 g/mol. The van der Waals surface area contributed by atoms with Crippen LogP contribution in [0.5, 0.6) is 0 Å². The summed E-state index contributed by atoms with van der Waals surface area (Å²) < 4.78 is 0. The van der Waals surface area contributed by atoms with E-state index in [1.54, 1.807) is 48.3 Å². The second kappa shape index (κ2) is 8.08. The average molecular weight is 405 g/mol. The van der Waals surface area contributed by atoms with Crippen molar-refractivity contribution in [3.8, 4) is 0 Å². The summed E-state index contributed by atoms with van der Waals surface area (Å²) in [5, 5.41) is 3.99.